The van der Waals surface area contributed by atoms with Gasteiger partial charge in [-0.2, -0.15) is 0 Å². The molecule has 2 aliphatic rings. The Morgan fingerprint density at radius 1 is 1.35 bits per heavy atom. The van der Waals surface area contributed by atoms with Gasteiger partial charge in [0, 0.05) is 18.5 Å². The third-order valence-electron chi connectivity index (χ3n) is 5.19. The summed E-state index contributed by atoms with van der Waals surface area (Å²) in [6.45, 7) is 4.61. The van der Waals surface area contributed by atoms with E-state index in [9.17, 15) is 9.50 Å². The summed E-state index contributed by atoms with van der Waals surface area (Å²) in [5, 5.41) is 10.3. The maximum absolute atomic E-state index is 13.6. The fourth-order valence-electron chi connectivity index (χ4n) is 3.98. The van der Waals surface area contributed by atoms with Crippen LogP contribution in [0.25, 0.3) is 0 Å². The molecule has 1 spiro atoms. The van der Waals surface area contributed by atoms with E-state index in [0.717, 1.165) is 57.3 Å². The predicted octanol–water partition coefficient (Wildman–Crippen LogP) is 3.26. The number of rotatable bonds is 2. The molecular formula is C17H24FNO. The molecule has 1 saturated carbocycles. The van der Waals surface area contributed by atoms with E-state index in [4.69, 9.17) is 0 Å². The Kier molecular flexibility index (Phi) is 3.83. The fourth-order valence-corrected chi connectivity index (χ4v) is 3.98. The molecule has 1 aliphatic heterocycles. The quantitative estimate of drug-likeness (QED) is 0.897. The van der Waals surface area contributed by atoms with Gasteiger partial charge in [0.05, 0.1) is 6.10 Å². The van der Waals surface area contributed by atoms with Crippen molar-refractivity contribution in [3.05, 3.63) is 35.1 Å². The van der Waals surface area contributed by atoms with Crippen LogP contribution in [-0.4, -0.2) is 29.2 Å². The number of aliphatic hydroxyl groups excluding tert-OH is 1. The maximum Gasteiger partial charge on any atom is 0.126 e. The van der Waals surface area contributed by atoms with Gasteiger partial charge in [-0.05, 0) is 56.3 Å². The number of aryl methyl sites for hydroxylation is 1. The minimum Gasteiger partial charge on any atom is -0.393 e. The number of nitrogens with zero attached hydrogens (tertiary/aromatic N) is 1. The van der Waals surface area contributed by atoms with Crippen molar-refractivity contribution >= 4 is 0 Å². The van der Waals surface area contributed by atoms with Crippen molar-refractivity contribution in [2.75, 3.05) is 13.1 Å². The highest BCUT2D eigenvalue weighted by Gasteiger charge is 2.44. The van der Waals surface area contributed by atoms with E-state index in [0.29, 0.717) is 5.56 Å². The monoisotopic (exact) mass is 277 g/mol. The summed E-state index contributed by atoms with van der Waals surface area (Å²) in [6.07, 6.45) is 5.40. The Balaban J connectivity index is 1.69. The van der Waals surface area contributed by atoms with Crippen LogP contribution in [0, 0.1) is 18.2 Å². The van der Waals surface area contributed by atoms with Gasteiger partial charge in [0.15, 0.2) is 0 Å². The number of likely N-dealkylation sites (tertiary alicyclic amines) is 1. The van der Waals surface area contributed by atoms with Crippen molar-refractivity contribution in [3.8, 4) is 0 Å². The van der Waals surface area contributed by atoms with Crippen LogP contribution in [0.1, 0.15) is 43.2 Å². The SMILES string of the molecule is Cc1ccc(CN2CCC[C@]3(CCC[C@H]3O)C2)cc1F. The van der Waals surface area contributed by atoms with Gasteiger partial charge in [-0.1, -0.05) is 18.6 Å². The van der Waals surface area contributed by atoms with E-state index >= 15 is 0 Å². The van der Waals surface area contributed by atoms with Gasteiger partial charge in [-0.15, -0.1) is 0 Å². The molecule has 1 aliphatic carbocycles. The topological polar surface area (TPSA) is 23.5 Å². The van der Waals surface area contributed by atoms with Crippen molar-refractivity contribution in [3.63, 3.8) is 0 Å². The lowest BCUT2D eigenvalue weighted by Crippen LogP contribution is -2.46. The molecule has 2 fully saturated rings. The highest BCUT2D eigenvalue weighted by molar-refractivity contribution is 5.23. The van der Waals surface area contributed by atoms with E-state index in [1.54, 1.807) is 13.0 Å². The van der Waals surface area contributed by atoms with Gasteiger partial charge < -0.3 is 5.11 Å². The lowest BCUT2D eigenvalue weighted by atomic mass is 9.76. The Morgan fingerprint density at radius 2 is 2.15 bits per heavy atom. The Hall–Kier alpha value is -0.930. The van der Waals surface area contributed by atoms with Crippen LogP contribution in [0.15, 0.2) is 18.2 Å². The molecule has 0 radical (unpaired) electrons. The van der Waals surface area contributed by atoms with E-state index in [-0.39, 0.29) is 17.3 Å². The number of aliphatic hydroxyl groups is 1. The largest absolute Gasteiger partial charge is 0.393 e. The molecule has 0 aromatic heterocycles. The van der Waals surface area contributed by atoms with Crippen LogP contribution in [0.4, 0.5) is 4.39 Å². The van der Waals surface area contributed by atoms with Gasteiger partial charge in [0.1, 0.15) is 5.82 Å². The molecular weight excluding hydrogens is 253 g/mol. The first-order valence-corrected chi connectivity index (χ1v) is 7.75. The third-order valence-corrected chi connectivity index (χ3v) is 5.19. The first-order valence-electron chi connectivity index (χ1n) is 7.75. The van der Waals surface area contributed by atoms with Crippen LogP contribution in [-0.2, 0) is 6.54 Å². The van der Waals surface area contributed by atoms with Crippen LogP contribution in [0.2, 0.25) is 0 Å². The first kappa shape index (κ1) is 14.0. The van der Waals surface area contributed by atoms with E-state index < -0.39 is 0 Å². The zero-order chi connectivity index (χ0) is 14.2. The van der Waals surface area contributed by atoms with Crippen molar-refractivity contribution in [2.45, 2.75) is 51.7 Å². The zero-order valence-corrected chi connectivity index (χ0v) is 12.2. The van der Waals surface area contributed by atoms with E-state index in [1.165, 1.54) is 0 Å². The van der Waals surface area contributed by atoms with E-state index in [2.05, 4.69) is 4.90 Å². The van der Waals surface area contributed by atoms with Crippen molar-refractivity contribution in [1.29, 1.82) is 0 Å². The Bertz CT molecular complexity index is 490. The second-order valence-corrected chi connectivity index (χ2v) is 6.67. The molecule has 2 atom stereocenters. The highest BCUT2D eigenvalue weighted by atomic mass is 19.1. The van der Waals surface area contributed by atoms with Gasteiger partial charge in [0.25, 0.3) is 0 Å². The van der Waals surface area contributed by atoms with E-state index in [1.807, 2.05) is 12.1 Å². The molecule has 110 valence electrons. The lowest BCUT2D eigenvalue weighted by molar-refractivity contribution is -0.0120. The van der Waals surface area contributed by atoms with Gasteiger partial charge in [0.2, 0.25) is 0 Å². The van der Waals surface area contributed by atoms with Crippen LogP contribution in [0.3, 0.4) is 0 Å². The van der Waals surface area contributed by atoms with Gasteiger partial charge in [-0.3, -0.25) is 4.90 Å². The summed E-state index contributed by atoms with van der Waals surface area (Å²) in [5.74, 6) is -0.116. The molecule has 2 nitrogen and oxygen atoms in total. The lowest BCUT2D eigenvalue weighted by Gasteiger charge is -2.42. The van der Waals surface area contributed by atoms with Crippen molar-refractivity contribution < 1.29 is 9.50 Å². The van der Waals surface area contributed by atoms with Crippen molar-refractivity contribution in [1.82, 2.24) is 4.90 Å². The van der Waals surface area contributed by atoms with Gasteiger partial charge >= 0.3 is 0 Å². The van der Waals surface area contributed by atoms with Crippen LogP contribution >= 0.6 is 0 Å². The summed E-state index contributed by atoms with van der Waals surface area (Å²) in [4.78, 5) is 2.39. The minimum atomic E-state index is -0.139. The second-order valence-electron chi connectivity index (χ2n) is 6.67. The highest BCUT2D eigenvalue weighted by Crippen LogP contribution is 2.45. The number of hydrogen-bond donors (Lipinski definition) is 1. The summed E-state index contributed by atoms with van der Waals surface area (Å²) >= 11 is 0. The number of hydrogen-bond acceptors (Lipinski definition) is 2. The minimum absolute atomic E-state index is 0.113. The Labute approximate surface area is 120 Å². The molecule has 20 heavy (non-hydrogen) atoms. The van der Waals surface area contributed by atoms with Gasteiger partial charge in [-0.25, -0.2) is 4.39 Å². The summed E-state index contributed by atoms with van der Waals surface area (Å²) in [7, 11) is 0. The number of halogens is 1. The zero-order valence-electron chi connectivity index (χ0n) is 12.2. The molecule has 1 aromatic carbocycles. The molecule has 0 bridgehead atoms. The molecule has 0 amide bonds. The first-order chi connectivity index (χ1) is 9.59. The normalized spacial score (nSPS) is 31.1. The molecule has 3 heteroatoms. The Morgan fingerprint density at radius 3 is 2.85 bits per heavy atom. The molecule has 1 heterocycles. The number of benzene rings is 1. The average Bonchev–Trinajstić information content (AvgIpc) is 2.75. The van der Waals surface area contributed by atoms with Crippen LogP contribution in [0.5, 0.6) is 0 Å². The van der Waals surface area contributed by atoms with Crippen LogP contribution < -0.4 is 0 Å². The summed E-state index contributed by atoms with van der Waals surface area (Å²) in [5.41, 5.74) is 1.86. The summed E-state index contributed by atoms with van der Waals surface area (Å²) < 4.78 is 13.6. The molecule has 1 saturated heterocycles. The average molecular weight is 277 g/mol. The molecule has 3 rings (SSSR count). The molecule has 0 unspecified atom stereocenters. The maximum atomic E-state index is 13.6. The standard InChI is InChI=1S/C17H24FNO/c1-13-5-6-14(10-15(13)18)11-19-9-3-8-17(12-19)7-2-4-16(17)20/h5-6,10,16,20H,2-4,7-9,11-12H2,1H3/t16-,17-/m1/s1. The smallest absolute Gasteiger partial charge is 0.126 e. The molecule has 1 aromatic rings. The third kappa shape index (κ3) is 2.61. The summed E-state index contributed by atoms with van der Waals surface area (Å²) in [6, 6.07) is 5.53. The fraction of sp³-hybridized carbons (Fsp3) is 0.647. The van der Waals surface area contributed by atoms with Crippen molar-refractivity contribution in [2.24, 2.45) is 5.41 Å². The second kappa shape index (κ2) is 5.45. The molecule has 1 N–H and O–H groups in total. The number of piperidine rings is 1. The predicted molar refractivity (Wildman–Crippen MR) is 77.9 cm³/mol.